The molecule has 2 heterocycles. The van der Waals surface area contributed by atoms with Crippen LogP contribution in [0.25, 0.3) is 4.96 Å². The molecule has 0 bridgehead atoms. The van der Waals surface area contributed by atoms with Gasteiger partial charge in [0.25, 0.3) is 5.56 Å². The molecule has 0 saturated heterocycles. The fourth-order valence-corrected chi connectivity index (χ4v) is 4.00. The summed E-state index contributed by atoms with van der Waals surface area (Å²) >= 11 is 1.44. The van der Waals surface area contributed by atoms with Crippen molar-refractivity contribution in [3.05, 3.63) is 63.0 Å². The van der Waals surface area contributed by atoms with Gasteiger partial charge in [0.2, 0.25) is 4.96 Å². The van der Waals surface area contributed by atoms with E-state index in [1.165, 1.54) is 21.9 Å². The Bertz CT molecular complexity index is 992. The average Bonchev–Trinajstić information content (AvgIpc) is 3.41. The number of fused-ring (bicyclic) bond motifs is 1. The number of benzene rings is 1. The van der Waals surface area contributed by atoms with E-state index < -0.39 is 0 Å². The highest BCUT2D eigenvalue weighted by molar-refractivity contribution is 7.16. The molecule has 0 radical (unpaired) electrons. The molecule has 0 unspecified atom stereocenters. The zero-order valence-corrected chi connectivity index (χ0v) is 15.2. The zero-order chi connectivity index (χ0) is 18.1. The Kier molecular flexibility index (Phi) is 4.55. The molecule has 4 rings (SSSR count). The number of ether oxygens (including phenoxy) is 1. The van der Waals surface area contributed by atoms with Crippen LogP contribution in [0, 0.1) is 0 Å². The maximum atomic E-state index is 12.5. The van der Waals surface area contributed by atoms with Gasteiger partial charge in [0.05, 0.1) is 11.6 Å². The summed E-state index contributed by atoms with van der Waals surface area (Å²) in [4.78, 5) is 29.7. The number of aromatic nitrogens is 3. The molecule has 134 valence electrons. The molecule has 1 aromatic carbocycles. The maximum Gasteiger partial charge on any atom is 0.313 e. The van der Waals surface area contributed by atoms with Crippen molar-refractivity contribution in [1.82, 2.24) is 14.6 Å². The van der Waals surface area contributed by atoms with Crippen LogP contribution < -0.4 is 5.56 Å². The highest BCUT2D eigenvalue weighted by Gasteiger charge is 2.28. The number of hydrogen-bond acceptors (Lipinski definition) is 6. The molecule has 0 spiro atoms. The Morgan fingerprint density at radius 3 is 2.81 bits per heavy atom. The molecule has 1 saturated carbocycles. The molecule has 1 atom stereocenters. The SMILES string of the molecule is CC[C@@H](C(=O)OCc1cc(=O)n2nc(C3CC3)sc2n1)c1ccccc1. The summed E-state index contributed by atoms with van der Waals surface area (Å²) in [6.45, 7) is 1.94. The first-order valence-corrected chi connectivity index (χ1v) is 9.58. The van der Waals surface area contributed by atoms with E-state index in [-0.39, 0.29) is 24.1 Å². The Labute approximate surface area is 154 Å². The van der Waals surface area contributed by atoms with E-state index in [4.69, 9.17) is 4.74 Å². The normalized spacial score (nSPS) is 15.1. The molecule has 1 aliphatic rings. The van der Waals surface area contributed by atoms with Crippen LogP contribution in [0.15, 0.2) is 41.2 Å². The minimum absolute atomic E-state index is 0.00936. The van der Waals surface area contributed by atoms with Gasteiger partial charge in [-0.1, -0.05) is 48.6 Å². The average molecular weight is 369 g/mol. The van der Waals surface area contributed by atoms with E-state index in [2.05, 4.69) is 10.1 Å². The third-order valence-electron chi connectivity index (χ3n) is 4.50. The highest BCUT2D eigenvalue weighted by atomic mass is 32.1. The van der Waals surface area contributed by atoms with Crippen LogP contribution in [0.3, 0.4) is 0 Å². The van der Waals surface area contributed by atoms with Crippen molar-refractivity contribution in [3.63, 3.8) is 0 Å². The Balaban J connectivity index is 1.50. The molecule has 7 heteroatoms. The maximum absolute atomic E-state index is 12.5. The van der Waals surface area contributed by atoms with Gasteiger partial charge in [-0.25, -0.2) is 4.98 Å². The predicted octanol–water partition coefficient (Wildman–Crippen LogP) is 3.27. The number of hydrogen-bond donors (Lipinski definition) is 0. The molecule has 0 N–H and O–H groups in total. The number of carbonyl (C=O) groups is 1. The van der Waals surface area contributed by atoms with E-state index >= 15 is 0 Å². The molecule has 0 aliphatic heterocycles. The lowest BCUT2D eigenvalue weighted by Gasteiger charge is -2.14. The van der Waals surface area contributed by atoms with Crippen molar-refractivity contribution in [2.45, 2.75) is 44.6 Å². The summed E-state index contributed by atoms with van der Waals surface area (Å²) in [5, 5.41) is 5.30. The van der Waals surface area contributed by atoms with Gasteiger partial charge in [-0.3, -0.25) is 9.59 Å². The minimum Gasteiger partial charge on any atom is -0.459 e. The molecule has 1 fully saturated rings. The quantitative estimate of drug-likeness (QED) is 0.624. The standard InChI is InChI=1S/C19H19N3O3S/c1-2-15(12-6-4-3-5-7-12)18(24)25-11-14-10-16(23)22-19(20-14)26-17(21-22)13-8-9-13/h3-7,10,13,15H,2,8-9,11H2,1H3/t15-/m1/s1. The van der Waals surface area contributed by atoms with Crippen molar-refractivity contribution >= 4 is 22.3 Å². The van der Waals surface area contributed by atoms with Crippen LogP contribution >= 0.6 is 11.3 Å². The number of rotatable bonds is 6. The molecule has 1 aliphatic carbocycles. The topological polar surface area (TPSA) is 73.6 Å². The number of carbonyl (C=O) groups excluding carboxylic acids is 1. The third-order valence-corrected chi connectivity index (χ3v) is 5.57. The van der Waals surface area contributed by atoms with E-state index in [1.54, 1.807) is 0 Å². The third kappa shape index (κ3) is 3.39. The monoisotopic (exact) mass is 369 g/mol. The van der Waals surface area contributed by atoms with Gasteiger partial charge in [-0.2, -0.15) is 9.61 Å². The van der Waals surface area contributed by atoms with E-state index in [1.807, 2.05) is 37.3 Å². The largest absolute Gasteiger partial charge is 0.459 e. The van der Waals surface area contributed by atoms with Crippen LogP contribution in [-0.2, 0) is 16.1 Å². The van der Waals surface area contributed by atoms with Gasteiger partial charge >= 0.3 is 5.97 Å². The van der Waals surface area contributed by atoms with Gasteiger partial charge in [0.15, 0.2) is 0 Å². The molecular formula is C19H19N3O3S. The first-order valence-electron chi connectivity index (χ1n) is 8.77. The van der Waals surface area contributed by atoms with Crippen LogP contribution in [0.1, 0.15) is 54.3 Å². The van der Waals surface area contributed by atoms with Gasteiger partial charge in [-0.05, 0) is 24.8 Å². The number of nitrogens with zero attached hydrogens (tertiary/aromatic N) is 3. The lowest BCUT2D eigenvalue weighted by atomic mass is 9.97. The van der Waals surface area contributed by atoms with Crippen molar-refractivity contribution in [2.24, 2.45) is 0 Å². The molecular weight excluding hydrogens is 350 g/mol. The smallest absolute Gasteiger partial charge is 0.313 e. The second-order valence-corrected chi connectivity index (χ2v) is 7.46. The lowest BCUT2D eigenvalue weighted by Crippen LogP contribution is -2.18. The van der Waals surface area contributed by atoms with Gasteiger partial charge in [0, 0.05) is 12.0 Å². The molecule has 6 nitrogen and oxygen atoms in total. The van der Waals surface area contributed by atoms with Crippen molar-refractivity contribution < 1.29 is 9.53 Å². The first-order chi connectivity index (χ1) is 12.7. The van der Waals surface area contributed by atoms with E-state index in [9.17, 15) is 9.59 Å². The predicted molar refractivity (Wildman–Crippen MR) is 98.4 cm³/mol. The van der Waals surface area contributed by atoms with E-state index in [0.29, 0.717) is 23.0 Å². The van der Waals surface area contributed by atoms with Gasteiger partial charge < -0.3 is 4.74 Å². The van der Waals surface area contributed by atoms with Crippen LogP contribution in [-0.4, -0.2) is 20.6 Å². The van der Waals surface area contributed by atoms with Gasteiger partial charge in [0.1, 0.15) is 11.6 Å². The molecule has 26 heavy (non-hydrogen) atoms. The zero-order valence-electron chi connectivity index (χ0n) is 14.4. The summed E-state index contributed by atoms with van der Waals surface area (Å²) in [6, 6.07) is 11.0. The second kappa shape index (κ2) is 6.99. The minimum atomic E-state index is -0.314. The summed E-state index contributed by atoms with van der Waals surface area (Å²) < 4.78 is 6.78. The lowest BCUT2D eigenvalue weighted by molar-refractivity contribution is -0.147. The summed E-state index contributed by atoms with van der Waals surface area (Å²) in [5.74, 6) is -0.145. The van der Waals surface area contributed by atoms with E-state index in [0.717, 1.165) is 23.4 Å². The second-order valence-electron chi connectivity index (χ2n) is 6.47. The Hall–Kier alpha value is -2.54. The molecule has 3 aromatic rings. The van der Waals surface area contributed by atoms with Crippen LogP contribution in [0.5, 0.6) is 0 Å². The fourth-order valence-electron chi connectivity index (χ4n) is 2.91. The van der Waals surface area contributed by atoms with Crippen LogP contribution in [0.4, 0.5) is 0 Å². The summed E-state index contributed by atoms with van der Waals surface area (Å²) in [7, 11) is 0. The van der Waals surface area contributed by atoms with Gasteiger partial charge in [-0.15, -0.1) is 0 Å². The van der Waals surface area contributed by atoms with Crippen molar-refractivity contribution in [2.75, 3.05) is 0 Å². The van der Waals surface area contributed by atoms with Crippen LogP contribution in [0.2, 0.25) is 0 Å². The van der Waals surface area contributed by atoms with Crippen molar-refractivity contribution in [1.29, 1.82) is 0 Å². The number of esters is 1. The summed E-state index contributed by atoms with van der Waals surface area (Å²) in [5.41, 5.74) is 1.15. The molecule has 0 amide bonds. The first kappa shape index (κ1) is 16.9. The Morgan fingerprint density at radius 1 is 1.35 bits per heavy atom. The fraction of sp³-hybridized carbons (Fsp3) is 0.368. The summed E-state index contributed by atoms with van der Waals surface area (Å²) in [6.07, 6.45) is 2.89. The van der Waals surface area contributed by atoms with Crippen molar-refractivity contribution in [3.8, 4) is 0 Å². The Morgan fingerprint density at radius 2 is 2.12 bits per heavy atom. The highest BCUT2D eigenvalue weighted by Crippen LogP contribution is 2.41. The molecule has 2 aromatic heterocycles.